The molecular formula is C27H29N3O3. The molecule has 1 atom stereocenters. The van der Waals surface area contributed by atoms with Crippen LogP contribution in [0, 0.1) is 12.8 Å². The number of carbonyl (C=O) groups excluding carboxylic acids is 3. The van der Waals surface area contributed by atoms with Crippen molar-refractivity contribution < 1.29 is 14.4 Å². The fraction of sp³-hybridized carbons (Fsp3) is 0.296. The summed E-state index contributed by atoms with van der Waals surface area (Å²) in [6.07, 6.45) is 0.637. The molecule has 33 heavy (non-hydrogen) atoms. The van der Waals surface area contributed by atoms with Crippen molar-refractivity contribution in [2.24, 2.45) is 13.0 Å². The van der Waals surface area contributed by atoms with Crippen LogP contribution >= 0.6 is 0 Å². The van der Waals surface area contributed by atoms with E-state index in [2.05, 4.69) is 5.32 Å². The van der Waals surface area contributed by atoms with Crippen molar-refractivity contribution in [2.45, 2.75) is 26.3 Å². The molecule has 0 saturated carbocycles. The number of benzene rings is 2. The Balaban J connectivity index is 1.29. The van der Waals surface area contributed by atoms with Crippen molar-refractivity contribution >= 4 is 17.6 Å². The van der Waals surface area contributed by atoms with Crippen LogP contribution in [0.15, 0.2) is 66.7 Å². The normalized spacial score (nSPS) is 15.6. The average Bonchev–Trinajstić information content (AvgIpc) is 3.35. The maximum absolute atomic E-state index is 12.8. The van der Waals surface area contributed by atoms with Crippen molar-refractivity contribution in [3.05, 3.63) is 94.8 Å². The van der Waals surface area contributed by atoms with E-state index in [1.165, 1.54) is 0 Å². The molecule has 1 N–H and O–H groups in total. The van der Waals surface area contributed by atoms with E-state index < -0.39 is 0 Å². The second-order valence-electron chi connectivity index (χ2n) is 8.77. The standard InChI is InChI=1S/C27H29N3O3/c1-19-8-10-22(11-9-19)27(33)24-13-12-23(29(24)2)15-25(31)28-16-21-14-26(32)30(18-21)17-20-6-4-3-5-7-20/h3-13,21H,14-18H2,1-2H3,(H,28,31). The lowest BCUT2D eigenvalue weighted by molar-refractivity contribution is -0.128. The molecule has 1 aromatic heterocycles. The van der Waals surface area contributed by atoms with Crippen molar-refractivity contribution in [2.75, 3.05) is 13.1 Å². The molecule has 1 saturated heterocycles. The van der Waals surface area contributed by atoms with Gasteiger partial charge in [0.1, 0.15) is 0 Å². The first kappa shape index (κ1) is 22.5. The summed E-state index contributed by atoms with van der Waals surface area (Å²) in [5.41, 5.74) is 4.16. The van der Waals surface area contributed by atoms with Crippen molar-refractivity contribution in [1.29, 1.82) is 0 Å². The molecule has 0 radical (unpaired) electrons. The first-order chi connectivity index (χ1) is 15.9. The smallest absolute Gasteiger partial charge is 0.225 e. The van der Waals surface area contributed by atoms with Gasteiger partial charge in [-0.3, -0.25) is 14.4 Å². The van der Waals surface area contributed by atoms with Gasteiger partial charge in [-0.1, -0.05) is 60.2 Å². The van der Waals surface area contributed by atoms with Gasteiger partial charge in [0.15, 0.2) is 0 Å². The Kier molecular flexibility index (Phi) is 6.73. The van der Waals surface area contributed by atoms with Crippen LogP contribution in [0.4, 0.5) is 0 Å². The Labute approximate surface area is 194 Å². The molecule has 4 rings (SSSR count). The highest BCUT2D eigenvalue weighted by molar-refractivity contribution is 6.08. The van der Waals surface area contributed by atoms with Gasteiger partial charge < -0.3 is 14.8 Å². The number of amides is 2. The van der Waals surface area contributed by atoms with Gasteiger partial charge >= 0.3 is 0 Å². The van der Waals surface area contributed by atoms with Crippen LogP contribution in [0.3, 0.4) is 0 Å². The summed E-state index contributed by atoms with van der Waals surface area (Å²) in [6.45, 7) is 3.70. The molecule has 1 fully saturated rings. The minimum absolute atomic E-state index is 0.0628. The summed E-state index contributed by atoms with van der Waals surface area (Å²) in [6, 6.07) is 21.0. The van der Waals surface area contributed by atoms with Crippen LogP contribution < -0.4 is 5.32 Å². The summed E-state index contributed by atoms with van der Waals surface area (Å²) >= 11 is 0. The molecule has 6 nitrogen and oxygen atoms in total. The quantitative estimate of drug-likeness (QED) is 0.543. The third-order valence-corrected chi connectivity index (χ3v) is 6.21. The molecule has 2 heterocycles. The molecule has 3 aromatic rings. The molecule has 1 unspecified atom stereocenters. The Hall–Kier alpha value is -3.67. The number of hydrogen-bond acceptors (Lipinski definition) is 3. The Morgan fingerprint density at radius 2 is 1.73 bits per heavy atom. The minimum atomic E-state index is -0.112. The molecule has 0 aliphatic carbocycles. The zero-order valence-corrected chi connectivity index (χ0v) is 19.1. The van der Waals surface area contributed by atoms with Crippen LogP contribution in [0.1, 0.15) is 39.3 Å². The van der Waals surface area contributed by atoms with Gasteiger partial charge in [0, 0.05) is 50.3 Å². The number of aryl methyl sites for hydroxylation is 1. The predicted molar refractivity (Wildman–Crippen MR) is 127 cm³/mol. The van der Waals surface area contributed by atoms with E-state index in [1.807, 2.05) is 72.5 Å². The average molecular weight is 444 g/mol. The zero-order valence-electron chi connectivity index (χ0n) is 19.1. The van der Waals surface area contributed by atoms with Crippen LogP contribution in [0.5, 0.6) is 0 Å². The Bertz CT molecular complexity index is 1150. The van der Waals surface area contributed by atoms with Gasteiger partial charge in [-0.15, -0.1) is 0 Å². The van der Waals surface area contributed by atoms with E-state index in [4.69, 9.17) is 0 Å². The van der Waals surface area contributed by atoms with Gasteiger partial charge in [-0.2, -0.15) is 0 Å². The highest BCUT2D eigenvalue weighted by atomic mass is 16.2. The summed E-state index contributed by atoms with van der Waals surface area (Å²) < 4.78 is 1.78. The van der Waals surface area contributed by atoms with Gasteiger partial charge in [-0.05, 0) is 24.6 Å². The summed E-state index contributed by atoms with van der Waals surface area (Å²) in [4.78, 5) is 39.6. The number of rotatable bonds is 8. The lowest BCUT2D eigenvalue weighted by Crippen LogP contribution is -2.32. The van der Waals surface area contributed by atoms with E-state index >= 15 is 0 Å². The SMILES string of the molecule is Cc1ccc(C(=O)c2ccc(CC(=O)NCC3CC(=O)N(Cc4ccccc4)C3)n2C)cc1. The van der Waals surface area contributed by atoms with Gasteiger partial charge in [0.25, 0.3) is 0 Å². The molecule has 1 aliphatic rings. The van der Waals surface area contributed by atoms with Gasteiger partial charge in [0.2, 0.25) is 17.6 Å². The predicted octanol–water partition coefficient (Wildman–Crippen LogP) is 3.27. The topological polar surface area (TPSA) is 71.4 Å². The lowest BCUT2D eigenvalue weighted by Gasteiger charge is -2.17. The number of nitrogens with one attached hydrogen (secondary N) is 1. The van der Waals surface area contributed by atoms with Crippen molar-refractivity contribution in [3.63, 3.8) is 0 Å². The molecule has 6 heteroatoms. The maximum Gasteiger partial charge on any atom is 0.225 e. The number of nitrogens with zero attached hydrogens (tertiary/aromatic N) is 2. The highest BCUT2D eigenvalue weighted by Gasteiger charge is 2.29. The second kappa shape index (κ2) is 9.86. The fourth-order valence-corrected chi connectivity index (χ4v) is 4.24. The third-order valence-electron chi connectivity index (χ3n) is 6.21. The highest BCUT2D eigenvalue weighted by Crippen LogP contribution is 2.20. The van der Waals surface area contributed by atoms with Crippen molar-refractivity contribution in [1.82, 2.24) is 14.8 Å². The van der Waals surface area contributed by atoms with Gasteiger partial charge in [-0.25, -0.2) is 0 Å². The summed E-state index contributed by atoms with van der Waals surface area (Å²) in [5.74, 6) is 0.0590. The van der Waals surface area contributed by atoms with Crippen LogP contribution in [0.25, 0.3) is 0 Å². The van der Waals surface area contributed by atoms with E-state index in [0.717, 1.165) is 16.8 Å². The minimum Gasteiger partial charge on any atom is -0.355 e. The lowest BCUT2D eigenvalue weighted by atomic mass is 10.1. The van der Waals surface area contributed by atoms with E-state index in [-0.39, 0.29) is 29.9 Å². The molecule has 2 amide bonds. The first-order valence-electron chi connectivity index (χ1n) is 11.2. The first-order valence-corrected chi connectivity index (χ1v) is 11.2. The third kappa shape index (κ3) is 5.40. The number of likely N-dealkylation sites (tertiary alicyclic amines) is 1. The number of aromatic nitrogens is 1. The van der Waals surface area contributed by atoms with E-state index in [9.17, 15) is 14.4 Å². The molecule has 0 spiro atoms. The van der Waals surface area contributed by atoms with E-state index in [0.29, 0.717) is 37.3 Å². The summed E-state index contributed by atoms with van der Waals surface area (Å²) in [7, 11) is 1.81. The molecule has 2 aromatic carbocycles. The maximum atomic E-state index is 12.8. The molecule has 170 valence electrons. The molecule has 1 aliphatic heterocycles. The number of hydrogen-bond donors (Lipinski definition) is 1. The second-order valence-corrected chi connectivity index (χ2v) is 8.77. The Morgan fingerprint density at radius 3 is 2.45 bits per heavy atom. The van der Waals surface area contributed by atoms with Crippen molar-refractivity contribution in [3.8, 4) is 0 Å². The number of carbonyl (C=O) groups is 3. The fourth-order valence-electron chi connectivity index (χ4n) is 4.24. The summed E-state index contributed by atoms with van der Waals surface area (Å²) in [5, 5.41) is 2.97. The van der Waals surface area contributed by atoms with Crippen LogP contribution in [0.2, 0.25) is 0 Å². The number of ketones is 1. The zero-order chi connectivity index (χ0) is 23.4. The molecule has 0 bridgehead atoms. The molecular weight excluding hydrogens is 414 g/mol. The van der Waals surface area contributed by atoms with Crippen LogP contribution in [-0.2, 0) is 29.6 Å². The van der Waals surface area contributed by atoms with Crippen LogP contribution in [-0.4, -0.2) is 40.2 Å². The van der Waals surface area contributed by atoms with E-state index in [1.54, 1.807) is 17.7 Å². The monoisotopic (exact) mass is 443 g/mol. The Morgan fingerprint density at radius 1 is 1.00 bits per heavy atom. The largest absolute Gasteiger partial charge is 0.355 e. The van der Waals surface area contributed by atoms with Gasteiger partial charge in [0.05, 0.1) is 12.1 Å².